The maximum atomic E-state index is 14.8. The molecular formula is C24H13F11N2O. The molecule has 1 heterocycles. The van der Waals surface area contributed by atoms with Crippen molar-refractivity contribution in [2.24, 2.45) is 4.99 Å². The van der Waals surface area contributed by atoms with Crippen molar-refractivity contribution in [3.63, 3.8) is 0 Å². The summed E-state index contributed by atoms with van der Waals surface area (Å²) in [5.41, 5.74) is -3.67. The molecule has 0 fully saturated rings. The van der Waals surface area contributed by atoms with Crippen LogP contribution in [0.3, 0.4) is 0 Å². The lowest BCUT2D eigenvalue weighted by Crippen LogP contribution is -2.21. The van der Waals surface area contributed by atoms with Crippen molar-refractivity contribution < 1.29 is 52.7 Å². The SMILES string of the molecule is Fc1cc2c(-c3ccccc3C(F)(F)F)c3cc(F)/c(=N\CC(F)(F)F)cc-3oc2cc1NCC(F)(F)F. The molecule has 2 aliphatic rings. The van der Waals surface area contributed by atoms with E-state index in [2.05, 4.69) is 4.99 Å². The van der Waals surface area contributed by atoms with Gasteiger partial charge in [0.25, 0.3) is 0 Å². The van der Waals surface area contributed by atoms with E-state index in [4.69, 9.17) is 4.42 Å². The van der Waals surface area contributed by atoms with Gasteiger partial charge in [0.1, 0.15) is 36.1 Å². The van der Waals surface area contributed by atoms with E-state index in [1.807, 2.05) is 0 Å². The fraction of sp³-hybridized carbons (Fsp3) is 0.208. The van der Waals surface area contributed by atoms with E-state index < -0.39 is 82.3 Å². The van der Waals surface area contributed by atoms with E-state index in [0.717, 1.165) is 18.2 Å². The van der Waals surface area contributed by atoms with Crippen molar-refractivity contribution in [3.8, 4) is 22.5 Å². The maximum absolute atomic E-state index is 14.8. The summed E-state index contributed by atoms with van der Waals surface area (Å²) < 4.78 is 152. The molecule has 4 rings (SSSR count). The first-order valence-electron chi connectivity index (χ1n) is 10.5. The van der Waals surface area contributed by atoms with Crippen LogP contribution in [0.1, 0.15) is 5.56 Å². The van der Waals surface area contributed by atoms with Gasteiger partial charge < -0.3 is 9.73 Å². The number of alkyl halides is 9. The smallest absolute Gasteiger partial charge is 0.417 e. The molecule has 1 aliphatic carbocycles. The number of rotatable bonds is 4. The van der Waals surface area contributed by atoms with E-state index in [0.29, 0.717) is 24.3 Å². The van der Waals surface area contributed by atoms with Crippen LogP contribution < -0.4 is 10.7 Å². The van der Waals surface area contributed by atoms with Gasteiger partial charge in [0.15, 0.2) is 0 Å². The van der Waals surface area contributed by atoms with Crippen LogP contribution in [0.5, 0.6) is 0 Å². The van der Waals surface area contributed by atoms with Crippen molar-refractivity contribution in [1.29, 1.82) is 0 Å². The zero-order valence-electron chi connectivity index (χ0n) is 18.5. The zero-order valence-corrected chi connectivity index (χ0v) is 18.5. The molecule has 202 valence electrons. The summed E-state index contributed by atoms with van der Waals surface area (Å²) >= 11 is 0. The van der Waals surface area contributed by atoms with Gasteiger partial charge in [-0.1, -0.05) is 18.2 Å². The van der Waals surface area contributed by atoms with Crippen LogP contribution in [-0.4, -0.2) is 25.4 Å². The van der Waals surface area contributed by atoms with E-state index >= 15 is 0 Å². The highest BCUT2D eigenvalue weighted by atomic mass is 19.4. The third-order valence-corrected chi connectivity index (χ3v) is 5.29. The number of halogens is 11. The Morgan fingerprint density at radius 3 is 2.08 bits per heavy atom. The predicted octanol–water partition coefficient (Wildman–Crippen LogP) is 7.94. The average molecular weight is 554 g/mol. The fourth-order valence-electron chi connectivity index (χ4n) is 3.78. The highest BCUT2D eigenvalue weighted by Gasteiger charge is 2.35. The highest BCUT2D eigenvalue weighted by molar-refractivity contribution is 6.03. The van der Waals surface area contributed by atoms with Gasteiger partial charge in [-0.25, -0.2) is 8.78 Å². The van der Waals surface area contributed by atoms with E-state index in [9.17, 15) is 48.3 Å². The quantitative estimate of drug-likeness (QED) is 0.206. The first kappa shape index (κ1) is 27.2. The van der Waals surface area contributed by atoms with Gasteiger partial charge in [-0.2, -0.15) is 39.5 Å². The van der Waals surface area contributed by atoms with Crippen LogP contribution >= 0.6 is 0 Å². The maximum Gasteiger partial charge on any atom is 0.417 e. The summed E-state index contributed by atoms with van der Waals surface area (Å²) in [6, 6.07) is 6.68. The molecule has 1 aliphatic heterocycles. The predicted molar refractivity (Wildman–Crippen MR) is 114 cm³/mol. The number of nitrogens with zero attached hydrogens (tertiary/aromatic N) is 1. The number of hydrogen-bond donors (Lipinski definition) is 1. The molecule has 38 heavy (non-hydrogen) atoms. The number of nitrogens with one attached hydrogen (secondary N) is 1. The summed E-state index contributed by atoms with van der Waals surface area (Å²) in [6.45, 7) is -3.43. The Hall–Kier alpha value is -3.84. The van der Waals surface area contributed by atoms with E-state index in [1.54, 1.807) is 5.32 Å². The molecule has 0 amide bonds. The molecule has 1 N–H and O–H groups in total. The molecule has 2 aromatic rings. The minimum absolute atomic E-state index is 0.358. The molecule has 2 aromatic carbocycles. The second kappa shape index (κ2) is 9.48. The zero-order chi connectivity index (χ0) is 28.0. The van der Waals surface area contributed by atoms with Gasteiger partial charge in [0.05, 0.1) is 16.6 Å². The van der Waals surface area contributed by atoms with Crippen molar-refractivity contribution in [1.82, 2.24) is 0 Å². The lowest BCUT2D eigenvalue weighted by molar-refractivity contribution is -0.137. The van der Waals surface area contributed by atoms with Crippen molar-refractivity contribution in [2.75, 3.05) is 18.4 Å². The van der Waals surface area contributed by atoms with Crippen molar-refractivity contribution in [2.45, 2.75) is 18.5 Å². The summed E-state index contributed by atoms with van der Waals surface area (Å²) in [6.07, 6.45) is -14.5. The monoisotopic (exact) mass is 554 g/mol. The highest BCUT2D eigenvalue weighted by Crippen LogP contribution is 2.45. The topological polar surface area (TPSA) is 37.5 Å². The van der Waals surface area contributed by atoms with Gasteiger partial charge in [-0.15, -0.1) is 0 Å². The van der Waals surface area contributed by atoms with Crippen LogP contribution in [0.15, 0.2) is 57.9 Å². The second-order valence-corrected chi connectivity index (χ2v) is 8.05. The number of fused-ring (bicyclic) bond motifs is 2. The van der Waals surface area contributed by atoms with Crippen LogP contribution in [-0.2, 0) is 6.18 Å². The molecule has 0 unspecified atom stereocenters. The van der Waals surface area contributed by atoms with Gasteiger partial charge in [-0.05, 0) is 23.8 Å². The molecule has 0 radical (unpaired) electrons. The first-order chi connectivity index (χ1) is 17.5. The van der Waals surface area contributed by atoms with Crippen LogP contribution in [0.2, 0.25) is 0 Å². The van der Waals surface area contributed by atoms with E-state index in [1.165, 1.54) is 6.07 Å². The lowest BCUT2D eigenvalue weighted by atomic mass is 9.90. The summed E-state index contributed by atoms with van der Waals surface area (Å²) in [4.78, 5) is 3.12. The van der Waals surface area contributed by atoms with Crippen molar-refractivity contribution >= 4 is 16.7 Å². The second-order valence-electron chi connectivity index (χ2n) is 8.05. The molecule has 3 nitrogen and oxygen atoms in total. The Labute approximate surface area is 205 Å². The Morgan fingerprint density at radius 2 is 1.45 bits per heavy atom. The lowest BCUT2D eigenvalue weighted by Gasteiger charge is -2.20. The summed E-state index contributed by atoms with van der Waals surface area (Å²) in [5, 5.41) is 0.616. The van der Waals surface area contributed by atoms with Crippen LogP contribution in [0.25, 0.3) is 33.4 Å². The van der Waals surface area contributed by atoms with E-state index in [-0.39, 0.29) is 10.9 Å². The minimum atomic E-state index is -4.94. The number of anilines is 1. The molecule has 0 spiro atoms. The fourth-order valence-corrected chi connectivity index (χ4v) is 3.78. The Morgan fingerprint density at radius 1 is 0.763 bits per heavy atom. The van der Waals surface area contributed by atoms with Crippen LogP contribution in [0, 0.1) is 11.6 Å². The standard InChI is InChI=1S/C24H13F11N2O/c25-15-5-12-19(7-17(15)36-9-22(27,28)29)38-20-8-18(37-10-23(30,31)32)16(26)6-13(20)21(12)11-3-1-2-4-14(11)24(33,34)35/h1-8,36H,9-10H2/b37-18-. The Kier molecular flexibility index (Phi) is 6.78. The normalized spacial score (nSPS) is 13.5. The molecule has 0 aromatic heterocycles. The van der Waals surface area contributed by atoms with Gasteiger partial charge in [0.2, 0.25) is 0 Å². The third kappa shape index (κ3) is 5.83. The Balaban J connectivity index is 2.08. The molecular weight excluding hydrogens is 541 g/mol. The average Bonchev–Trinajstić information content (AvgIpc) is 2.79. The molecule has 0 saturated heterocycles. The van der Waals surface area contributed by atoms with Gasteiger partial charge in [-0.3, -0.25) is 4.99 Å². The third-order valence-electron chi connectivity index (χ3n) is 5.29. The van der Waals surface area contributed by atoms with Gasteiger partial charge >= 0.3 is 18.5 Å². The van der Waals surface area contributed by atoms with Crippen LogP contribution in [0.4, 0.5) is 54.0 Å². The molecule has 14 heteroatoms. The van der Waals surface area contributed by atoms with Crippen molar-refractivity contribution in [3.05, 3.63) is 71.1 Å². The Bertz CT molecular complexity index is 1530. The van der Waals surface area contributed by atoms with Gasteiger partial charge in [0, 0.05) is 28.6 Å². The molecule has 0 bridgehead atoms. The number of hydrogen-bond acceptors (Lipinski definition) is 3. The largest absolute Gasteiger partial charge is 0.456 e. The summed E-state index contributed by atoms with van der Waals surface area (Å²) in [7, 11) is 0. The molecule has 0 atom stereocenters. The minimum Gasteiger partial charge on any atom is -0.456 e. The first-order valence-corrected chi connectivity index (χ1v) is 10.5. The summed E-state index contributed by atoms with van der Waals surface area (Å²) in [5.74, 6) is -3.05. The number of benzene rings is 3. The molecule has 0 saturated carbocycles.